The summed E-state index contributed by atoms with van der Waals surface area (Å²) in [4.78, 5) is 31.6. The number of hydrogen-bond donors (Lipinski definition) is 0. The summed E-state index contributed by atoms with van der Waals surface area (Å²) in [6.45, 7) is 0.214. The molecule has 1 aliphatic carbocycles. The van der Waals surface area contributed by atoms with Crippen molar-refractivity contribution in [3.63, 3.8) is 0 Å². The maximum absolute atomic E-state index is 14.2. The lowest BCUT2D eigenvalue weighted by atomic mass is 9.83. The first-order valence-electron chi connectivity index (χ1n) is 14.8. The third-order valence-electron chi connectivity index (χ3n) is 8.34. The molecule has 0 saturated carbocycles. The zero-order valence-electron chi connectivity index (χ0n) is 25.1. The van der Waals surface area contributed by atoms with Gasteiger partial charge in [0.1, 0.15) is 12.4 Å². The lowest BCUT2D eigenvalue weighted by molar-refractivity contribution is -0.385. The highest BCUT2D eigenvalue weighted by Crippen LogP contribution is 2.41. The van der Waals surface area contributed by atoms with Crippen molar-refractivity contribution >= 4 is 28.8 Å². The van der Waals surface area contributed by atoms with Crippen LogP contribution in [0.5, 0.6) is 17.2 Å². The van der Waals surface area contributed by atoms with Gasteiger partial charge in [0.05, 0.1) is 47.0 Å². The predicted molar refractivity (Wildman–Crippen MR) is 176 cm³/mol. The van der Waals surface area contributed by atoms with Crippen LogP contribution in [0, 0.1) is 10.1 Å². The minimum atomic E-state index is -0.479. The van der Waals surface area contributed by atoms with Crippen LogP contribution in [0.1, 0.15) is 40.3 Å². The zero-order chi connectivity index (χ0) is 31.8. The van der Waals surface area contributed by atoms with Gasteiger partial charge in [0.15, 0.2) is 16.3 Å². The second-order valence-corrected chi connectivity index (χ2v) is 12.0. The Morgan fingerprint density at radius 3 is 2.46 bits per heavy atom. The van der Waals surface area contributed by atoms with E-state index in [1.807, 2.05) is 66.7 Å². The molecule has 0 amide bonds. The van der Waals surface area contributed by atoms with E-state index in [9.17, 15) is 14.9 Å². The molecule has 0 N–H and O–H groups in total. The van der Waals surface area contributed by atoms with Gasteiger partial charge in [0, 0.05) is 5.56 Å². The van der Waals surface area contributed by atoms with Gasteiger partial charge in [0.2, 0.25) is 0 Å². The van der Waals surface area contributed by atoms with Crippen molar-refractivity contribution < 1.29 is 19.1 Å². The summed E-state index contributed by atoms with van der Waals surface area (Å²) in [5.74, 6) is 1.28. The summed E-state index contributed by atoms with van der Waals surface area (Å²) >= 11 is 1.21. The highest BCUT2D eigenvalue weighted by Gasteiger charge is 2.32. The molecule has 7 rings (SSSR count). The lowest BCUT2D eigenvalue weighted by Gasteiger charge is -2.30. The highest BCUT2D eigenvalue weighted by molar-refractivity contribution is 7.07. The molecular formula is C36H29N3O6S. The first-order valence-corrected chi connectivity index (χ1v) is 15.6. The third-order valence-corrected chi connectivity index (χ3v) is 9.32. The Morgan fingerprint density at radius 2 is 1.72 bits per heavy atom. The zero-order valence-corrected chi connectivity index (χ0v) is 26.0. The summed E-state index contributed by atoms with van der Waals surface area (Å²) < 4.78 is 18.9. The van der Waals surface area contributed by atoms with Crippen molar-refractivity contribution in [2.75, 3.05) is 14.2 Å². The molecule has 0 unspecified atom stereocenters. The van der Waals surface area contributed by atoms with Gasteiger partial charge in [-0.15, -0.1) is 0 Å². The van der Waals surface area contributed by atoms with E-state index in [0.717, 1.165) is 46.6 Å². The van der Waals surface area contributed by atoms with Gasteiger partial charge in [-0.25, -0.2) is 4.99 Å². The number of nitro benzene ring substituents is 1. The number of nitrogens with zero attached hydrogens (tertiary/aromatic N) is 3. The normalized spacial score (nSPS) is 15.3. The molecule has 0 radical (unpaired) electrons. The van der Waals surface area contributed by atoms with Gasteiger partial charge >= 0.3 is 0 Å². The Labute approximate surface area is 268 Å². The van der Waals surface area contributed by atoms with Crippen LogP contribution in [-0.4, -0.2) is 23.7 Å². The SMILES string of the molecule is COc1ccc([C@@H]2C3=C(N=c4s/c(=C\c5cc(OC)c(OCc6ccccc6)cc5[N+](=O)[O-])c(=O)n42)c2ccccc2CC3)cc1. The Bertz CT molecular complexity index is 2190. The minimum Gasteiger partial charge on any atom is -0.497 e. The fourth-order valence-electron chi connectivity index (χ4n) is 6.10. The molecule has 9 nitrogen and oxygen atoms in total. The van der Waals surface area contributed by atoms with E-state index < -0.39 is 4.92 Å². The Hall–Kier alpha value is -5.48. The monoisotopic (exact) mass is 631 g/mol. The van der Waals surface area contributed by atoms with Crippen LogP contribution >= 0.6 is 11.3 Å². The van der Waals surface area contributed by atoms with Gasteiger partial charge in [-0.1, -0.05) is 78.1 Å². The Kier molecular flexibility index (Phi) is 7.71. The van der Waals surface area contributed by atoms with Crippen molar-refractivity contribution in [1.82, 2.24) is 4.57 Å². The van der Waals surface area contributed by atoms with E-state index in [1.165, 1.54) is 30.1 Å². The topological polar surface area (TPSA) is 105 Å². The Balaban J connectivity index is 1.37. The number of thiazole rings is 1. The smallest absolute Gasteiger partial charge is 0.280 e. The molecular weight excluding hydrogens is 602 g/mol. The molecule has 2 aliphatic rings. The lowest BCUT2D eigenvalue weighted by Crippen LogP contribution is -2.38. The number of hydrogen-bond acceptors (Lipinski definition) is 8. The number of benzene rings is 4. The van der Waals surface area contributed by atoms with Crippen LogP contribution in [0.15, 0.2) is 106 Å². The number of aromatic nitrogens is 1. The van der Waals surface area contributed by atoms with Crippen LogP contribution in [0.3, 0.4) is 0 Å². The van der Waals surface area contributed by atoms with Crippen molar-refractivity contribution in [3.05, 3.63) is 154 Å². The second kappa shape index (κ2) is 12.1. The largest absolute Gasteiger partial charge is 0.497 e. The molecule has 1 aromatic heterocycles. The summed E-state index contributed by atoms with van der Waals surface area (Å²) in [5, 5.41) is 12.3. The fourth-order valence-corrected chi connectivity index (χ4v) is 7.09. The average Bonchev–Trinajstić information content (AvgIpc) is 3.40. The molecule has 1 atom stereocenters. The molecule has 230 valence electrons. The molecule has 0 spiro atoms. The summed E-state index contributed by atoms with van der Waals surface area (Å²) in [6.07, 6.45) is 3.14. The average molecular weight is 632 g/mol. The molecule has 2 heterocycles. The van der Waals surface area contributed by atoms with Gasteiger partial charge in [-0.3, -0.25) is 19.5 Å². The molecule has 0 saturated heterocycles. The van der Waals surface area contributed by atoms with E-state index in [-0.39, 0.29) is 35.2 Å². The first kappa shape index (κ1) is 29.2. The van der Waals surface area contributed by atoms with Crippen LogP contribution in [0.4, 0.5) is 5.69 Å². The van der Waals surface area contributed by atoms with Crippen LogP contribution in [0.2, 0.25) is 0 Å². The molecule has 46 heavy (non-hydrogen) atoms. The maximum atomic E-state index is 14.2. The molecule has 4 aromatic carbocycles. The van der Waals surface area contributed by atoms with E-state index in [0.29, 0.717) is 15.1 Å². The van der Waals surface area contributed by atoms with Crippen molar-refractivity contribution in [2.24, 2.45) is 4.99 Å². The molecule has 0 fully saturated rings. The molecule has 10 heteroatoms. The van der Waals surface area contributed by atoms with E-state index in [2.05, 4.69) is 12.1 Å². The van der Waals surface area contributed by atoms with E-state index in [4.69, 9.17) is 19.2 Å². The molecule has 1 aliphatic heterocycles. The van der Waals surface area contributed by atoms with E-state index >= 15 is 0 Å². The van der Waals surface area contributed by atoms with Gasteiger partial charge in [-0.2, -0.15) is 0 Å². The maximum Gasteiger partial charge on any atom is 0.280 e. The van der Waals surface area contributed by atoms with Crippen LogP contribution < -0.4 is 29.1 Å². The summed E-state index contributed by atoms with van der Waals surface area (Å²) in [6, 6.07) is 28.0. The van der Waals surface area contributed by atoms with Crippen molar-refractivity contribution in [3.8, 4) is 17.2 Å². The fraction of sp³-hybridized carbons (Fsp3) is 0.167. The number of allylic oxidation sites excluding steroid dienone is 1. The number of nitro groups is 1. The number of rotatable bonds is 8. The van der Waals surface area contributed by atoms with Gasteiger partial charge < -0.3 is 14.2 Å². The standard InChI is InChI=1S/C36H29N3O6S/c1-43-26-15-12-24(13-16-26)34-28-17-14-23-10-6-7-11-27(23)33(28)37-36-38(34)35(40)32(46-36)19-25-18-30(44-2)31(20-29(25)39(41)42)45-21-22-8-4-3-5-9-22/h3-13,15-16,18-20,34H,14,17,21H2,1-2H3/b32-19-/t34-/m1/s1. The third kappa shape index (κ3) is 5.26. The molecule has 0 bridgehead atoms. The summed E-state index contributed by atoms with van der Waals surface area (Å²) in [7, 11) is 3.10. The number of methoxy groups -OCH3 is 2. The number of ether oxygens (including phenoxy) is 3. The highest BCUT2D eigenvalue weighted by atomic mass is 32.1. The Morgan fingerprint density at radius 1 is 0.957 bits per heavy atom. The van der Waals surface area contributed by atoms with Crippen molar-refractivity contribution in [1.29, 1.82) is 0 Å². The second-order valence-electron chi connectivity index (χ2n) is 11.0. The first-order chi connectivity index (χ1) is 22.4. The summed E-state index contributed by atoms with van der Waals surface area (Å²) in [5.41, 5.74) is 5.83. The number of aryl methyl sites for hydroxylation is 1. The van der Waals surface area contributed by atoms with Crippen LogP contribution in [0.25, 0.3) is 11.8 Å². The number of fused-ring (bicyclic) bond motifs is 3. The quantitative estimate of drug-likeness (QED) is 0.158. The minimum absolute atomic E-state index is 0.199. The van der Waals surface area contributed by atoms with Crippen molar-refractivity contribution in [2.45, 2.75) is 25.5 Å². The van der Waals surface area contributed by atoms with Crippen LogP contribution in [-0.2, 0) is 13.0 Å². The molecule has 5 aromatic rings. The predicted octanol–water partition coefficient (Wildman–Crippen LogP) is 5.82. The van der Waals surface area contributed by atoms with Gasteiger partial charge in [0.25, 0.3) is 11.2 Å². The van der Waals surface area contributed by atoms with Gasteiger partial charge in [-0.05, 0) is 59.4 Å². The van der Waals surface area contributed by atoms with E-state index in [1.54, 1.807) is 23.8 Å².